The van der Waals surface area contributed by atoms with E-state index in [-0.39, 0.29) is 26.8 Å². The summed E-state index contributed by atoms with van der Waals surface area (Å²) in [4.78, 5) is 21.2. The van der Waals surface area contributed by atoms with E-state index >= 15 is 0 Å². The SMILES string of the molecule is CCC=C(C=O)COCOCOCC(C=O)=CCC. The molecule has 0 spiro atoms. The molecule has 0 aromatic carbocycles. The summed E-state index contributed by atoms with van der Waals surface area (Å²) in [5, 5.41) is 0. The molecule has 0 aromatic heterocycles. The van der Waals surface area contributed by atoms with Gasteiger partial charge in [0.15, 0.2) is 0 Å². The van der Waals surface area contributed by atoms with E-state index in [1.165, 1.54) is 0 Å². The molecule has 0 atom stereocenters. The van der Waals surface area contributed by atoms with Gasteiger partial charge in [-0.15, -0.1) is 0 Å². The highest BCUT2D eigenvalue weighted by Crippen LogP contribution is 1.96. The van der Waals surface area contributed by atoms with Crippen molar-refractivity contribution in [3.63, 3.8) is 0 Å². The summed E-state index contributed by atoms with van der Waals surface area (Å²) in [6.07, 6.45) is 6.72. The minimum atomic E-state index is 0.0445. The zero-order chi connectivity index (χ0) is 14.3. The van der Waals surface area contributed by atoms with Gasteiger partial charge < -0.3 is 14.2 Å². The third kappa shape index (κ3) is 10.3. The van der Waals surface area contributed by atoms with Crippen LogP contribution in [0.15, 0.2) is 23.3 Å². The van der Waals surface area contributed by atoms with E-state index in [1.54, 1.807) is 12.2 Å². The van der Waals surface area contributed by atoms with Crippen molar-refractivity contribution in [3.8, 4) is 0 Å². The second kappa shape index (κ2) is 13.1. The first-order chi connectivity index (χ1) is 9.28. The molecule has 5 nitrogen and oxygen atoms in total. The van der Waals surface area contributed by atoms with Gasteiger partial charge in [0, 0.05) is 11.1 Å². The molecule has 108 valence electrons. The molecule has 0 saturated heterocycles. The normalized spacial score (nSPS) is 12.5. The Balaban J connectivity index is 3.55. The lowest BCUT2D eigenvalue weighted by atomic mass is 10.2. The smallest absolute Gasteiger partial charge is 0.150 e. The molecule has 0 heterocycles. The van der Waals surface area contributed by atoms with Crippen LogP contribution in [-0.2, 0) is 23.8 Å². The fourth-order valence-electron chi connectivity index (χ4n) is 1.28. The minimum absolute atomic E-state index is 0.0445. The van der Waals surface area contributed by atoms with Crippen LogP contribution in [0, 0.1) is 0 Å². The number of hydrogen-bond acceptors (Lipinski definition) is 5. The van der Waals surface area contributed by atoms with Gasteiger partial charge in [0.2, 0.25) is 0 Å². The van der Waals surface area contributed by atoms with E-state index in [9.17, 15) is 9.59 Å². The molecule has 0 saturated carbocycles. The molecule has 19 heavy (non-hydrogen) atoms. The fourth-order valence-corrected chi connectivity index (χ4v) is 1.28. The third-order valence-electron chi connectivity index (χ3n) is 2.11. The van der Waals surface area contributed by atoms with Crippen LogP contribution in [0.25, 0.3) is 0 Å². The number of carbonyl (C=O) groups is 2. The number of carbonyl (C=O) groups excluding carboxylic acids is 2. The maximum Gasteiger partial charge on any atom is 0.150 e. The number of rotatable bonds is 12. The summed E-state index contributed by atoms with van der Waals surface area (Å²) in [6.45, 7) is 4.44. The molecule has 0 aliphatic carbocycles. The van der Waals surface area contributed by atoms with Gasteiger partial charge in [0.25, 0.3) is 0 Å². The zero-order valence-corrected chi connectivity index (χ0v) is 11.6. The predicted octanol–water partition coefficient (Wildman–Crippen LogP) is 2.02. The summed E-state index contributed by atoms with van der Waals surface area (Å²) >= 11 is 0. The van der Waals surface area contributed by atoms with Crippen molar-refractivity contribution in [2.24, 2.45) is 0 Å². The standard InChI is InChI=1S/C14H22O5/c1-3-5-13(7-15)9-17-11-19-12-18-10-14(8-16)6-4-2/h5-8H,3-4,9-12H2,1-2H3. The first-order valence-electron chi connectivity index (χ1n) is 6.30. The van der Waals surface area contributed by atoms with Crippen molar-refractivity contribution in [3.05, 3.63) is 23.3 Å². The first-order valence-corrected chi connectivity index (χ1v) is 6.30. The van der Waals surface area contributed by atoms with Crippen LogP contribution in [0.3, 0.4) is 0 Å². The molecule has 0 N–H and O–H groups in total. The van der Waals surface area contributed by atoms with Crippen LogP contribution in [0.1, 0.15) is 26.7 Å². The largest absolute Gasteiger partial charge is 0.351 e. The van der Waals surface area contributed by atoms with Gasteiger partial charge in [-0.25, -0.2) is 0 Å². The van der Waals surface area contributed by atoms with Crippen molar-refractivity contribution in [2.45, 2.75) is 26.7 Å². The Labute approximate surface area is 114 Å². The lowest BCUT2D eigenvalue weighted by Gasteiger charge is -2.06. The number of ether oxygens (including phenoxy) is 3. The molecule has 0 rings (SSSR count). The highest BCUT2D eigenvalue weighted by molar-refractivity contribution is 5.73. The van der Waals surface area contributed by atoms with Crippen LogP contribution in [0.5, 0.6) is 0 Å². The molecule has 0 bridgehead atoms. The quantitative estimate of drug-likeness (QED) is 0.235. The van der Waals surface area contributed by atoms with E-state index in [1.807, 2.05) is 13.8 Å². The molecular formula is C14H22O5. The second-order valence-corrected chi connectivity index (χ2v) is 3.75. The highest BCUT2D eigenvalue weighted by atomic mass is 16.7. The van der Waals surface area contributed by atoms with Gasteiger partial charge in [-0.1, -0.05) is 26.0 Å². The zero-order valence-electron chi connectivity index (χ0n) is 11.6. The van der Waals surface area contributed by atoms with Gasteiger partial charge in [-0.2, -0.15) is 0 Å². The minimum Gasteiger partial charge on any atom is -0.351 e. The Kier molecular flexibility index (Phi) is 12.2. The van der Waals surface area contributed by atoms with E-state index in [2.05, 4.69) is 0 Å². The molecule has 0 aliphatic heterocycles. The van der Waals surface area contributed by atoms with E-state index in [4.69, 9.17) is 14.2 Å². The highest BCUT2D eigenvalue weighted by Gasteiger charge is 1.97. The van der Waals surface area contributed by atoms with Crippen molar-refractivity contribution < 1.29 is 23.8 Å². The number of hydrogen-bond donors (Lipinski definition) is 0. The van der Waals surface area contributed by atoms with Gasteiger partial charge >= 0.3 is 0 Å². The van der Waals surface area contributed by atoms with Crippen LogP contribution >= 0.6 is 0 Å². The molecular weight excluding hydrogens is 248 g/mol. The lowest BCUT2D eigenvalue weighted by Crippen LogP contribution is -2.09. The Morgan fingerprint density at radius 1 is 0.789 bits per heavy atom. The maximum absolute atomic E-state index is 10.6. The average molecular weight is 270 g/mol. The van der Waals surface area contributed by atoms with E-state index in [0.717, 1.165) is 25.4 Å². The first kappa shape index (κ1) is 17.7. The molecule has 0 fully saturated rings. The summed E-state index contributed by atoms with van der Waals surface area (Å²) in [5.74, 6) is 0. The molecule has 0 radical (unpaired) electrons. The maximum atomic E-state index is 10.6. The fraction of sp³-hybridized carbons (Fsp3) is 0.571. The van der Waals surface area contributed by atoms with E-state index in [0.29, 0.717) is 11.1 Å². The number of aldehydes is 2. The van der Waals surface area contributed by atoms with Gasteiger partial charge in [0.05, 0.1) is 13.2 Å². The molecule has 0 aliphatic rings. The summed E-state index contributed by atoms with van der Waals surface area (Å²) in [5.41, 5.74) is 1.20. The summed E-state index contributed by atoms with van der Waals surface area (Å²) in [7, 11) is 0. The molecule has 0 unspecified atom stereocenters. The predicted molar refractivity (Wildman–Crippen MR) is 71.6 cm³/mol. The van der Waals surface area contributed by atoms with Crippen molar-refractivity contribution in [1.82, 2.24) is 0 Å². The Bertz CT molecular complexity index is 277. The van der Waals surface area contributed by atoms with Gasteiger partial charge in [0.1, 0.15) is 26.2 Å². The Hall–Kier alpha value is -1.30. The molecule has 0 aromatic rings. The van der Waals surface area contributed by atoms with Crippen molar-refractivity contribution in [1.29, 1.82) is 0 Å². The second-order valence-electron chi connectivity index (χ2n) is 3.75. The Morgan fingerprint density at radius 3 is 1.53 bits per heavy atom. The van der Waals surface area contributed by atoms with Crippen LogP contribution in [0.2, 0.25) is 0 Å². The molecule has 0 amide bonds. The van der Waals surface area contributed by atoms with Crippen molar-refractivity contribution in [2.75, 3.05) is 26.8 Å². The average Bonchev–Trinajstić information content (AvgIpc) is 2.43. The molecule has 5 heteroatoms. The topological polar surface area (TPSA) is 61.8 Å². The summed E-state index contributed by atoms with van der Waals surface area (Å²) in [6, 6.07) is 0. The monoisotopic (exact) mass is 270 g/mol. The van der Waals surface area contributed by atoms with Gasteiger partial charge in [-0.3, -0.25) is 9.59 Å². The van der Waals surface area contributed by atoms with Crippen LogP contribution in [-0.4, -0.2) is 39.4 Å². The van der Waals surface area contributed by atoms with Crippen LogP contribution in [0.4, 0.5) is 0 Å². The Morgan fingerprint density at radius 2 is 1.21 bits per heavy atom. The van der Waals surface area contributed by atoms with E-state index < -0.39 is 0 Å². The lowest BCUT2D eigenvalue weighted by molar-refractivity contribution is -0.126. The van der Waals surface area contributed by atoms with Gasteiger partial charge in [-0.05, 0) is 12.8 Å². The summed E-state index contributed by atoms with van der Waals surface area (Å²) < 4.78 is 15.3. The number of allylic oxidation sites excluding steroid dienone is 2. The van der Waals surface area contributed by atoms with Crippen molar-refractivity contribution >= 4 is 12.6 Å². The third-order valence-corrected chi connectivity index (χ3v) is 2.11. The van der Waals surface area contributed by atoms with Crippen LogP contribution < -0.4 is 0 Å².